The molecular weight excluding hydrogens is 442 g/mol. The number of hydrogen-bond donors (Lipinski definition) is 0. The van der Waals surface area contributed by atoms with Crippen molar-refractivity contribution in [2.75, 3.05) is 18.6 Å². The molecule has 4 rings (SSSR count). The fourth-order valence-electron chi connectivity index (χ4n) is 3.68. The fourth-order valence-corrected chi connectivity index (χ4v) is 3.94. The minimum Gasteiger partial charge on any atom is -0.468 e. The molecule has 0 N–H and O–H groups in total. The molecule has 3 aromatic rings. The molecule has 0 fully saturated rings. The number of carbonyl (C=O) groups is 1. The average molecular weight is 462 g/mol. The van der Waals surface area contributed by atoms with Gasteiger partial charge in [0.2, 0.25) is 5.95 Å². The van der Waals surface area contributed by atoms with Crippen molar-refractivity contribution in [1.82, 2.24) is 18.7 Å². The minimum atomic E-state index is -0.660. The lowest BCUT2D eigenvalue weighted by Gasteiger charge is -2.33. The predicted molar refractivity (Wildman–Crippen MR) is 112 cm³/mol. The van der Waals surface area contributed by atoms with Crippen molar-refractivity contribution in [3.63, 3.8) is 0 Å². The molecule has 0 amide bonds. The molecule has 0 radical (unpaired) electrons. The van der Waals surface area contributed by atoms with Crippen LogP contribution in [-0.4, -0.2) is 38.3 Å². The van der Waals surface area contributed by atoms with Crippen LogP contribution in [0.25, 0.3) is 11.2 Å². The SMILES string of the molecule is COC(=O)Cn1c(=O)c2c(nc3n2C[C@@H](C)CN3c2ccc(Br)cc2)n(C)c1=O. The number of carbonyl (C=O) groups excluding carboxylic acids is 1. The van der Waals surface area contributed by atoms with E-state index < -0.39 is 23.8 Å². The monoisotopic (exact) mass is 461 g/mol. The van der Waals surface area contributed by atoms with Gasteiger partial charge < -0.3 is 14.2 Å². The smallest absolute Gasteiger partial charge is 0.333 e. The summed E-state index contributed by atoms with van der Waals surface area (Å²) in [5.74, 6) is 0.185. The molecule has 0 saturated carbocycles. The number of nitrogens with zero attached hydrogens (tertiary/aromatic N) is 5. The minimum absolute atomic E-state index is 0.245. The maximum absolute atomic E-state index is 13.1. The number of esters is 1. The highest BCUT2D eigenvalue weighted by molar-refractivity contribution is 9.10. The largest absolute Gasteiger partial charge is 0.468 e. The molecule has 0 saturated heterocycles. The van der Waals surface area contributed by atoms with Gasteiger partial charge in [-0.15, -0.1) is 0 Å². The van der Waals surface area contributed by atoms with Gasteiger partial charge in [0, 0.05) is 30.3 Å². The number of aromatic nitrogens is 4. The lowest BCUT2D eigenvalue weighted by Crippen LogP contribution is -2.42. The molecule has 0 aliphatic carbocycles. The van der Waals surface area contributed by atoms with Crippen LogP contribution < -0.4 is 16.1 Å². The molecule has 29 heavy (non-hydrogen) atoms. The van der Waals surface area contributed by atoms with E-state index in [-0.39, 0.29) is 5.92 Å². The van der Waals surface area contributed by atoms with E-state index in [9.17, 15) is 14.4 Å². The molecule has 1 aliphatic heterocycles. The number of methoxy groups -OCH3 is 1. The summed E-state index contributed by atoms with van der Waals surface area (Å²) in [5.41, 5.74) is 0.395. The van der Waals surface area contributed by atoms with Crippen LogP contribution in [0.3, 0.4) is 0 Å². The number of aryl methyl sites for hydroxylation is 1. The number of hydrogen-bond acceptors (Lipinski definition) is 6. The molecule has 10 heteroatoms. The predicted octanol–water partition coefficient (Wildman–Crippen LogP) is 1.62. The summed E-state index contributed by atoms with van der Waals surface area (Å²) in [5, 5.41) is 0. The van der Waals surface area contributed by atoms with E-state index in [1.165, 1.54) is 11.7 Å². The first kappa shape index (κ1) is 19.4. The zero-order chi connectivity index (χ0) is 20.9. The van der Waals surface area contributed by atoms with Crippen molar-refractivity contribution in [2.45, 2.75) is 20.0 Å². The number of halogens is 1. The van der Waals surface area contributed by atoms with Crippen molar-refractivity contribution < 1.29 is 9.53 Å². The van der Waals surface area contributed by atoms with Crippen LogP contribution in [0, 0.1) is 5.92 Å². The summed E-state index contributed by atoms with van der Waals surface area (Å²) in [7, 11) is 2.76. The van der Waals surface area contributed by atoms with Crippen molar-refractivity contribution >= 4 is 44.7 Å². The first-order chi connectivity index (χ1) is 13.8. The van der Waals surface area contributed by atoms with E-state index in [2.05, 4.69) is 32.6 Å². The molecule has 1 aliphatic rings. The number of fused-ring (bicyclic) bond motifs is 3. The molecule has 3 heterocycles. The summed E-state index contributed by atoms with van der Waals surface area (Å²) in [4.78, 5) is 44.2. The molecule has 152 valence electrons. The van der Waals surface area contributed by atoms with Gasteiger partial charge in [-0.1, -0.05) is 22.9 Å². The van der Waals surface area contributed by atoms with Gasteiger partial charge >= 0.3 is 11.7 Å². The Morgan fingerprint density at radius 2 is 1.93 bits per heavy atom. The quantitative estimate of drug-likeness (QED) is 0.550. The maximum Gasteiger partial charge on any atom is 0.333 e. The molecule has 9 nitrogen and oxygen atoms in total. The Balaban J connectivity index is 1.97. The van der Waals surface area contributed by atoms with Gasteiger partial charge in [-0.2, -0.15) is 4.98 Å². The van der Waals surface area contributed by atoms with Crippen molar-refractivity contribution in [2.24, 2.45) is 13.0 Å². The van der Waals surface area contributed by atoms with Gasteiger partial charge in [-0.05, 0) is 30.2 Å². The molecule has 1 aromatic carbocycles. The number of imidazole rings is 1. The number of anilines is 2. The number of ether oxygens (including phenoxy) is 1. The molecule has 0 bridgehead atoms. The lowest BCUT2D eigenvalue weighted by molar-refractivity contribution is -0.141. The normalized spacial score (nSPS) is 16.1. The Hall–Kier alpha value is -2.88. The van der Waals surface area contributed by atoms with Crippen molar-refractivity contribution in [1.29, 1.82) is 0 Å². The second kappa shape index (κ2) is 7.18. The Labute approximate surface area is 174 Å². The van der Waals surface area contributed by atoms with Crippen molar-refractivity contribution in [3.8, 4) is 0 Å². The van der Waals surface area contributed by atoms with E-state index in [0.717, 1.165) is 21.3 Å². The molecule has 2 aromatic heterocycles. The van der Waals surface area contributed by atoms with Gasteiger partial charge in [0.15, 0.2) is 11.2 Å². The number of rotatable bonds is 3. The molecule has 0 unspecified atom stereocenters. The molecular formula is C19H20BrN5O4. The van der Waals surface area contributed by atoms with E-state index in [1.54, 1.807) is 7.05 Å². The highest BCUT2D eigenvalue weighted by Gasteiger charge is 2.30. The van der Waals surface area contributed by atoms with Crippen molar-refractivity contribution in [3.05, 3.63) is 49.6 Å². The van der Waals surface area contributed by atoms with Gasteiger partial charge in [-0.25, -0.2) is 9.36 Å². The Morgan fingerprint density at radius 1 is 1.24 bits per heavy atom. The highest BCUT2D eigenvalue weighted by atomic mass is 79.9. The molecule has 0 spiro atoms. The second-order valence-electron chi connectivity index (χ2n) is 7.20. The third kappa shape index (κ3) is 3.17. The standard InChI is InChI=1S/C19H20BrN5O4/c1-11-8-23(13-6-4-12(20)5-7-13)18-21-16-15(24(18)9-11)17(27)25(10-14(26)29-3)19(28)22(16)2/h4-7,11H,8-10H2,1-3H3/t11-/m0/s1. The van der Waals surface area contributed by atoms with Gasteiger partial charge in [-0.3, -0.25) is 14.2 Å². The highest BCUT2D eigenvalue weighted by Crippen LogP contribution is 2.33. The van der Waals surface area contributed by atoms with Gasteiger partial charge in [0.1, 0.15) is 6.54 Å². The summed E-state index contributed by atoms with van der Waals surface area (Å²) < 4.78 is 9.63. The van der Waals surface area contributed by atoms with Crippen LogP contribution in [0.15, 0.2) is 38.3 Å². The lowest BCUT2D eigenvalue weighted by atomic mass is 10.1. The first-order valence-corrected chi connectivity index (χ1v) is 9.91. The van der Waals surface area contributed by atoms with Gasteiger partial charge in [0.05, 0.1) is 7.11 Å². The van der Waals surface area contributed by atoms with E-state index in [1.807, 2.05) is 33.7 Å². The summed E-state index contributed by atoms with van der Waals surface area (Å²) in [6.07, 6.45) is 0. The van der Waals surface area contributed by atoms with Gasteiger partial charge in [0.25, 0.3) is 5.56 Å². The van der Waals surface area contributed by atoms with Crippen LogP contribution in [0.2, 0.25) is 0 Å². The zero-order valence-corrected chi connectivity index (χ0v) is 17.8. The fraction of sp³-hybridized carbons (Fsp3) is 0.368. The Morgan fingerprint density at radius 3 is 2.59 bits per heavy atom. The summed E-state index contributed by atoms with van der Waals surface area (Å²) >= 11 is 3.44. The summed E-state index contributed by atoms with van der Waals surface area (Å²) in [6.45, 7) is 2.97. The average Bonchev–Trinajstić information content (AvgIpc) is 3.09. The number of benzene rings is 1. The maximum atomic E-state index is 13.1. The molecule has 1 atom stereocenters. The zero-order valence-electron chi connectivity index (χ0n) is 16.3. The topological polar surface area (TPSA) is 91.4 Å². The van der Waals surface area contributed by atoms with Crippen LogP contribution in [0.5, 0.6) is 0 Å². The van der Waals surface area contributed by atoms with E-state index in [4.69, 9.17) is 0 Å². The van der Waals surface area contributed by atoms with Crippen LogP contribution in [-0.2, 0) is 29.7 Å². The Bertz CT molecular complexity index is 1220. The first-order valence-electron chi connectivity index (χ1n) is 9.11. The van der Waals surface area contributed by atoms with E-state index >= 15 is 0 Å². The second-order valence-corrected chi connectivity index (χ2v) is 8.11. The third-order valence-electron chi connectivity index (χ3n) is 5.10. The third-order valence-corrected chi connectivity index (χ3v) is 5.62. The van der Waals surface area contributed by atoms with Crippen LogP contribution in [0.4, 0.5) is 11.6 Å². The van der Waals surface area contributed by atoms with Crippen LogP contribution in [0.1, 0.15) is 6.92 Å². The van der Waals surface area contributed by atoms with Crippen LogP contribution >= 0.6 is 15.9 Å². The summed E-state index contributed by atoms with van der Waals surface area (Å²) in [6, 6.07) is 7.84. The van der Waals surface area contributed by atoms with E-state index in [0.29, 0.717) is 23.7 Å². The Kier molecular flexibility index (Phi) is 4.81.